The van der Waals surface area contributed by atoms with Gasteiger partial charge in [0, 0.05) is 5.54 Å². The van der Waals surface area contributed by atoms with E-state index in [0.29, 0.717) is 11.1 Å². The van der Waals surface area contributed by atoms with E-state index < -0.39 is 30.8 Å². The molecule has 0 radical (unpaired) electrons. The van der Waals surface area contributed by atoms with Crippen molar-refractivity contribution in [3.8, 4) is 0 Å². The monoisotopic (exact) mass is 483 g/mol. The highest BCUT2D eigenvalue weighted by Crippen LogP contribution is 2.63. The van der Waals surface area contributed by atoms with E-state index in [-0.39, 0.29) is 5.54 Å². The van der Waals surface area contributed by atoms with Crippen LogP contribution in [0.2, 0.25) is 58.9 Å². The van der Waals surface area contributed by atoms with Crippen molar-refractivity contribution < 1.29 is 4.43 Å². The first kappa shape index (κ1) is 25.4. The predicted octanol–water partition coefficient (Wildman–Crippen LogP) is 7.13. The highest BCUT2D eigenvalue weighted by molar-refractivity contribution is 7.68. The molecule has 0 aromatic rings. The molecular formula is C24H53NOSi4. The molecule has 4 aliphatic carbocycles. The zero-order valence-electron chi connectivity index (χ0n) is 22.5. The molecule has 0 amide bonds. The van der Waals surface area contributed by atoms with Gasteiger partial charge in [0.25, 0.3) is 0 Å². The number of nitrogens with one attached hydrogen (secondary N) is 1. The molecule has 6 heteroatoms. The first-order chi connectivity index (χ1) is 13.3. The molecule has 4 saturated carbocycles. The molecular weight excluding hydrogens is 431 g/mol. The Hall–Kier alpha value is 0.788. The lowest BCUT2D eigenvalue weighted by molar-refractivity contribution is -0.0920. The van der Waals surface area contributed by atoms with E-state index in [2.05, 4.69) is 84.7 Å². The van der Waals surface area contributed by atoms with Crippen LogP contribution in [0.4, 0.5) is 0 Å². The molecule has 0 saturated heterocycles. The van der Waals surface area contributed by atoms with E-state index in [1.54, 1.807) is 0 Å². The van der Waals surface area contributed by atoms with Crippen LogP contribution in [-0.2, 0) is 4.43 Å². The molecule has 176 valence electrons. The quantitative estimate of drug-likeness (QED) is 0.389. The molecule has 30 heavy (non-hydrogen) atoms. The van der Waals surface area contributed by atoms with Crippen molar-refractivity contribution in [1.29, 1.82) is 0 Å². The molecule has 0 spiro atoms. The molecule has 1 atom stereocenters. The fourth-order valence-corrected chi connectivity index (χ4v) is 57.5. The smallest absolute Gasteiger partial charge is 0.183 e. The van der Waals surface area contributed by atoms with Crippen LogP contribution in [0.3, 0.4) is 0 Å². The van der Waals surface area contributed by atoms with E-state index >= 15 is 0 Å². The lowest BCUT2D eigenvalue weighted by atomic mass is 9.50. The lowest BCUT2D eigenvalue weighted by Gasteiger charge is -2.67. The normalized spacial score (nSPS) is 33.8. The minimum absolute atomic E-state index is 0.163. The van der Waals surface area contributed by atoms with Crippen molar-refractivity contribution in [2.24, 2.45) is 23.2 Å². The fourth-order valence-electron chi connectivity index (χ4n) is 8.47. The molecule has 4 fully saturated rings. The van der Waals surface area contributed by atoms with E-state index in [1.807, 2.05) is 0 Å². The van der Waals surface area contributed by atoms with Gasteiger partial charge in [0.15, 0.2) is 8.32 Å². The molecule has 4 bridgehead atoms. The molecule has 0 heterocycles. The van der Waals surface area contributed by atoms with Crippen LogP contribution < -0.4 is 4.98 Å². The summed E-state index contributed by atoms with van der Waals surface area (Å²) in [5, 5.41) is 0. The minimum atomic E-state index is -1.92. The summed E-state index contributed by atoms with van der Waals surface area (Å²) in [5.74, 6) is 2.98. The van der Waals surface area contributed by atoms with Crippen molar-refractivity contribution in [3.05, 3.63) is 0 Å². The molecule has 1 N–H and O–H groups in total. The Balaban J connectivity index is 2.23. The zero-order valence-corrected chi connectivity index (χ0v) is 26.5. The predicted molar refractivity (Wildman–Crippen MR) is 144 cm³/mol. The third kappa shape index (κ3) is 4.70. The summed E-state index contributed by atoms with van der Waals surface area (Å²) in [6.07, 6.45) is 9.01. The standard InChI is InChI=1S/C24H53NOSi4/c1-23(2,3)25-30(28(7,8)9,29(10,11)12)22(26-27(4,5)6)24-16-19-13-20(17-24)15-21(14-19)18-24/h19-22,25H,13-18H2,1-12H3. The molecule has 0 aromatic carbocycles. The third-order valence-corrected chi connectivity index (χ3v) is 47.0. The van der Waals surface area contributed by atoms with Crippen molar-refractivity contribution in [3.63, 3.8) is 0 Å². The van der Waals surface area contributed by atoms with Crippen LogP contribution >= 0.6 is 0 Å². The Kier molecular flexibility index (Phi) is 6.48. The number of hydrogen-bond donors (Lipinski definition) is 1. The van der Waals surface area contributed by atoms with E-state index in [4.69, 9.17) is 4.43 Å². The van der Waals surface area contributed by atoms with Crippen LogP contribution in [-0.4, -0.2) is 42.0 Å². The van der Waals surface area contributed by atoms with Gasteiger partial charge in [-0.3, -0.25) is 0 Å². The second-order valence-corrected chi connectivity index (χ2v) is 46.7. The Morgan fingerprint density at radius 3 is 1.37 bits per heavy atom. The van der Waals surface area contributed by atoms with E-state index in [9.17, 15) is 0 Å². The van der Waals surface area contributed by atoms with Gasteiger partial charge in [-0.2, -0.15) is 0 Å². The SMILES string of the molecule is CC(C)(C)N[Si](C(O[Si](C)(C)C)C12CC3CC(CC(C3)C1)C2)([Si](C)(C)C)[Si](C)(C)C. The maximum Gasteiger partial charge on any atom is 0.183 e. The van der Waals surface area contributed by atoms with Crippen LogP contribution in [0, 0.1) is 23.2 Å². The average molecular weight is 484 g/mol. The first-order valence-electron chi connectivity index (χ1n) is 12.8. The van der Waals surface area contributed by atoms with Gasteiger partial charge in [-0.1, -0.05) is 39.3 Å². The Labute approximate surface area is 192 Å². The highest BCUT2D eigenvalue weighted by atomic mass is 29.6. The third-order valence-electron chi connectivity index (χ3n) is 8.44. The highest BCUT2D eigenvalue weighted by Gasteiger charge is 2.68. The van der Waals surface area contributed by atoms with Crippen LogP contribution in [0.15, 0.2) is 0 Å². The van der Waals surface area contributed by atoms with E-state index in [1.165, 1.54) is 38.5 Å². The van der Waals surface area contributed by atoms with Gasteiger partial charge in [-0.05, 0) is 102 Å². The second kappa shape index (κ2) is 7.65. The van der Waals surface area contributed by atoms with Gasteiger partial charge in [0.1, 0.15) is 7.27 Å². The molecule has 2 nitrogen and oxygen atoms in total. The summed E-state index contributed by atoms with van der Waals surface area (Å²) in [7, 11) is -6.62. The number of hydrogen-bond acceptors (Lipinski definition) is 2. The summed E-state index contributed by atoms with van der Waals surface area (Å²) >= 11 is 0. The molecule has 4 aliphatic rings. The fraction of sp³-hybridized carbons (Fsp3) is 1.00. The largest absolute Gasteiger partial charge is 0.416 e. The summed E-state index contributed by atoms with van der Waals surface area (Å²) < 4.78 is 7.59. The zero-order chi connectivity index (χ0) is 23.0. The summed E-state index contributed by atoms with van der Waals surface area (Å²) in [5.41, 5.74) is 1.17. The molecule has 0 aromatic heterocycles. The maximum absolute atomic E-state index is 7.59. The average Bonchev–Trinajstić information content (AvgIpc) is 2.44. The summed E-state index contributed by atoms with van der Waals surface area (Å²) in [4.78, 5) is 4.56. The van der Waals surface area contributed by atoms with Gasteiger partial charge in [0.05, 0.1) is 20.9 Å². The lowest BCUT2D eigenvalue weighted by Crippen LogP contribution is -2.90. The van der Waals surface area contributed by atoms with Crippen molar-refractivity contribution in [1.82, 2.24) is 4.98 Å². The summed E-state index contributed by atoms with van der Waals surface area (Å²) in [6.45, 7) is 30.9. The summed E-state index contributed by atoms with van der Waals surface area (Å²) in [6, 6.07) is 0. The van der Waals surface area contributed by atoms with Crippen molar-refractivity contribution >= 4 is 30.8 Å². The van der Waals surface area contributed by atoms with E-state index in [0.717, 1.165) is 17.8 Å². The maximum atomic E-state index is 7.59. The molecule has 0 aliphatic heterocycles. The van der Waals surface area contributed by atoms with Crippen LogP contribution in [0.25, 0.3) is 0 Å². The van der Waals surface area contributed by atoms with Gasteiger partial charge in [0.2, 0.25) is 0 Å². The van der Waals surface area contributed by atoms with Gasteiger partial charge < -0.3 is 9.41 Å². The molecule has 1 unspecified atom stereocenters. The Morgan fingerprint density at radius 2 is 1.10 bits per heavy atom. The van der Waals surface area contributed by atoms with Gasteiger partial charge in [-0.25, -0.2) is 0 Å². The Morgan fingerprint density at radius 1 is 0.733 bits per heavy atom. The van der Waals surface area contributed by atoms with Gasteiger partial charge >= 0.3 is 0 Å². The van der Waals surface area contributed by atoms with Gasteiger partial charge in [-0.15, -0.1) is 0 Å². The van der Waals surface area contributed by atoms with Crippen molar-refractivity contribution in [2.45, 2.75) is 129 Å². The first-order valence-corrected chi connectivity index (χ1v) is 27.2. The van der Waals surface area contributed by atoms with Crippen molar-refractivity contribution in [2.75, 3.05) is 0 Å². The van der Waals surface area contributed by atoms with Crippen LogP contribution in [0.1, 0.15) is 59.3 Å². The number of rotatable bonds is 7. The topological polar surface area (TPSA) is 21.3 Å². The van der Waals surface area contributed by atoms with Crippen LogP contribution in [0.5, 0.6) is 0 Å². The Bertz CT molecular complexity index is 586. The molecule has 4 rings (SSSR count). The minimum Gasteiger partial charge on any atom is -0.416 e. The second-order valence-electron chi connectivity index (χ2n) is 15.6.